The van der Waals surface area contributed by atoms with E-state index in [1.165, 1.54) is 16.3 Å². The number of thioether (sulfide) groups is 1. The van der Waals surface area contributed by atoms with Crippen molar-refractivity contribution in [3.63, 3.8) is 0 Å². The second kappa shape index (κ2) is 5.39. The maximum Gasteiger partial charge on any atom is 0.0744 e. The molecule has 0 amide bonds. The summed E-state index contributed by atoms with van der Waals surface area (Å²) in [5, 5.41) is 2.21. The van der Waals surface area contributed by atoms with Crippen LogP contribution in [-0.4, -0.2) is 36.3 Å². The second-order valence-electron chi connectivity index (χ2n) is 4.26. The standard InChI is InChI=1S/C12H17ClN2S/c1-15-6-5-12(16-2)14-11-4-3-10(13)7-9(11)8-15/h7H,3-6,8H2,1-2H3. The average molecular weight is 257 g/mol. The van der Waals surface area contributed by atoms with Gasteiger partial charge < -0.3 is 4.90 Å². The third-order valence-electron chi connectivity index (χ3n) is 2.95. The Hall–Kier alpha value is -0.250. The second-order valence-corrected chi connectivity index (χ2v) is 5.63. The van der Waals surface area contributed by atoms with Crippen LogP contribution in [0.3, 0.4) is 0 Å². The highest BCUT2D eigenvalue weighted by molar-refractivity contribution is 8.13. The predicted molar refractivity (Wildman–Crippen MR) is 73.3 cm³/mol. The Bertz CT molecular complexity index is 371. The molecule has 0 spiro atoms. The number of nitrogens with zero attached hydrogens (tertiary/aromatic N) is 2. The normalized spacial score (nSPS) is 23.2. The molecule has 0 fully saturated rings. The van der Waals surface area contributed by atoms with E-state index < -0.39 is 0 Å². The molecule has 0 saturated carbocycles. The van der Waals surface area contributed by atoms with Crippen LogP contribution in [0.2, 0.25) is 0 Å². The van der Waals surface area contributed by atoms with Gasteiger partial charge in [0.15, 0.2) is 0 Å². The molecule has 2 nitrogen and oxygen atoms in total. The number of halogens is 1. The van der Waals surface area contributed by atoms with Crippen LogP contribution in [0, 0.1) is 0 Å². The molecule has 0 radical (unpaired) electrons. The first-order valence-corrected chi connectivity index (χ1v) is 7.17. The SMILES string of the molecule is CSC1=NC2=C(C=C(Cl)CC2)CN(C)CC1. The number of allylic oxidation sites excluding steroid dienone is 2. The molecule has 16 heavy (non-hydrogen) atoms. The Morgan fingerprint density at radius 2 is 2.19 bits per heavy atom. The molecule has 0 aromatic carbocycles. The van der Waals surface area contributed by atoms with E-state index in [1.807, 2.05) is 0 Å². The predicted octanol–water partition coefficient (Wildman–Crippen LogP) is 3.25. The van der Waals surface area contributed by atoms with Gasteiger partial charge >= 0.3 is 0 Å². The van der Waals surface area contributed by atoms with Gasteiger partial charge in [-0.1, -0.05) is 11.6 Å². The van der Waals surface area contributed by atoms with E-state index >= 15 is 0 Å². The van der Waals surface area contributed by atoms with Crippen molar-refractivity contribution in [3.05, 3.63) is 22.4 Å². The highest BCUT2D eigenvalue weighted by Crippen LogP contribution is 2.29. The zero-order valence-electron chi connectivity index (χ0n) is 9.79. The molecule has 0 unspecified atom stereocenters. The summed E-state index contributed by atoms with van der Waals surface area (Å²) in [5.74, 6) is 0. The van der Waals surface area contributed by atoms with E-state index in [9.17, 15) is 0 Å². The largest absolute Gasteiger partial charge is 0.302 e. The molecule has 2 aliphatic rings. The first kappa shape index (κ1) is 12.2. The number of likely N-dealkylation sites (N-methyl/N-ethyl adjacent to an activating group) is 1. The molecule has 4 heteroatoms. The molecular formula is C12H17ClN2S. The first-order chi connectivity index (χ1) is 7.69. The summed E-state index contributed by atoms with van der Waals surface area (Å²) in [4.78, 5) is 7.11. The van der Waals surface area contributed by atoms with E-state index in [-0.39, 0.29) is 0 Å². The molecule has 2 rings (SSSR count). The smallest absolute Gasteiger partial charge is 0.0744 e. The Kier molecular flexibility index (Phi) is 4.11. The lowest BCUT2D eigenvalue weighted by atomic mass is 10.0. The minimum atomic E-state index is 0.940. The van der Waals surface area contributed by atoms with Crippen LogP contribution >= 0.6 is 23.4 Å². The molecule has 0 aromatic rings. The highest BCUT2D eigenvalue weighted by Gasteiger charge is 2.17. The quantitative estimate of drug-likeness (QED) is 0.661. The summed E-state index contributed by atoms with van der Waals surface area (Å²) in [6.45, 7) is 2.04. The summed E-state index contributed by atoms with van der Waals surface area (Å²) < 4.78 is 0. The minimum absolute atomic E-state index is 0.940. The van der Waals surface area contributed by atoms with Gasteiger partial charge in [-0.25, -0.2) is 0 Å². The van der Waals surface area contributed by atoms with Crippen LogP contribution in [0.25, 0.3) is 0 Å². The fourth-order valence-electron chi connectivity index (χ4n) is 2.02. The van der Waals surface area contributed by atoms with Gasteiger partial charge in [-0.3, -0.25) is 4.99 Å². The van der Waals surface area contributed by atoms with Crippen LogP contribution in [-0.2, 0) is 0 Å². The lowest BCUT2D eigenvalue weighted by molar-refractivity contribution is 0.373. The molecule has 1 aliphatic heterocycles. The van der Waals surface area contributed by atoms with Gasteiger partial charge in [-0.05, 0) is 37.8 Å². The maximum atomic E-state index is 6.10. The number of hydrogen-bond acceptors (Lipinski definition) is 3. The Morgan fingerprint density at radius 1 is 1.38 bits per heavy atom. The summed E-state index contributed by atoms with van der Waals surface area (Å²) >= 11 is 7.87. The van der Waals surface area contributed by atoms with Gasteiger partial charge in [0.1, 0.15) is 0 Å². The van der Waals surface area contributed by atoms with E-state index in [2.05, 4.69) is 24.3 Å². The van der Waals surface area contributed by atoms with Gasteiger partial charge in [0.25, 0.3) is 0 Å². The number of rotatable bonds is 0. The van der Waals surface area contributed by atoms with Crippen LogP contribution in [0.15, 0.2) is 27.4 Å². The van der Waals surface area contributed by atoms with Crippen molar-refractivity contribution in [2.24, 2.45) is 4.99 Å². The van der Waals surface area contributed by atoms with Crippen LogP contribution in [0.4, 0.5) is 0 Å². The molecular weight excluding hydrogens is 240 g/mol. The summed E-state index contributed by atoms with van der Waals surface area (Å²) in [6.07, 6.45) is 7.19. The van der Waals surface area contributed by atoms with Crippen LogP contribution < -0.4 is 0 Å². The lowest BCUT2D eigenvalue weighted by Gasteiger charge is -2.24. The van der Waals surface area contributed by atoms with Gasteiger partial charge in [0, 0.05) is 30.2 Å². The zero-order chi connectivity index (χ0) is 11.5. The summed E-state index contributed by atoms with van der Waals surface area (Å²) in [7, 11) is 2.16. The van der Waals surface area contributed by atoms with Gasteiger partial charge in [0.05, 0.1) is 5.04 Å². The van der Waals surface area contributed by atoms with E-state index in [1.54, 1.807) is 11.8 Å². The lowest BCUT2D eigenvalue weighted by Crippen LogP contribution is -2.26. The zero-order valence-corrected chi connectivity index (χ0v) is 11.4. The molecule has 0 atom stereocenters. The van der Waals surface area contributed by atoms with Gasteiger partial charge in [-0.2, -0.15) is 0 Å². The van der Waals surface area contributed by atoms with E-state index in [4.69, 9.17) is 16.6 Å². The number of aliphatic imine (C=N–C) groups is 1. The van der Waals surface area contributed by atoms with Gasteiger partial charge in [-0.15, -0.1) is 11.8 Å². The van der Waals surface area contributed by atoms with Crippen molar-refractivity contribution in [3.8, 4) is 0 Å². The van der Waals surface area contributed by atoms with Crippen molar-refractivity contribution in [1.29, 1.82) is 0 Å². The van der Waals surface area contributed by atoms with Crippen molar-refractivity contribution in [1.82, 2.24) is 4.90 Å². The molecule has 0 aromatic heterocycles. The molecule has 0 bridgehead atoms. The molecule has 0 saturated heterocycles. The van der Waals surface area contributed by atoms with Gasteiger partial charge in [0.2, 0.25) is 0 Å². The third kappa shape index (κ3) is 2.90. The van der Waals surface area contributed by atoms with Crippen molar-refractivity contribution < 1.29 is 0 Å². The third-order valence-corrected chi connectivity index (χ3v) is 4.01. The molecule has 88 valence electrons. The van der Waals surface area contributed by atoms with Crippen molar-refractivity contribution in [2.75, 3.05) is 26.4 Å². The maximum absolute atomic E-state index is 6.10. The molecule has 0 N–H and O–H groups in total. The Labute approximate surface area is 106 Å². The Balaban J connectivity index is 2.34. The monoisotopic (exact) mass is 256 g/mol. The summed E-state index contributed by atoms with van der Waals surface area (Å²) in [6, 6.07) is 0. The molecule has 1 heterocycles. The minimum Gasteiger partial charge on any atom is -0.302 e. The summed E-state index contributed by atoms with van der Waals surface area (Å²) in [5.41, 5.74) is 2.53. The van der Waals surface area contributed by atoms with Crippen LogP contribution in [0.1, 0.15) is 19.3 Å². The first-order valence-electron chi connectivity index (χ1n) is 5.57. The highest BCUT2D eigenvalue weighted by atomic mass is 35.5. The average Bonchev–Trinajstić information content (AvgIpc) is 2.24. The number of hydrogen-bond donors (Lipinski definition) is 0. The topological polar surface area (TPSA) is 15.6 Å². The van der Waals surface area contributed by atoms with Crippen LogP contribution in [0.5, 0.6) is 0 Å². The van der Waals surface area contributed by atoms with E-state index in [0.29, 0.717) is 0 Å². The Morgan fingerprint density at radius 3 is 2.94 bits per heavy atom. The van der Waals surface area contributed by atoms with Crippen molar-refractivity contribution in [2.45, 2.75) is 19.3 Å². The fourth-order valence-corrected chi connectivity index (χ4v) is 2.74. The van der Waals surface area contributed by atoms with Crippen molar-refractivity contribution >= 4 is 28.4 Å². The molecule has 1 aliphatic carbocycles. The van der Waals surface area contributed by atoms with E-state index in [0.717, 1.165) is 37.4 Å². The fraction of sp³-hybridized carbons (Fsp3) is 0.583.